The molecule has 1 aromatic heterocycles. The molecule has 1 aliphatic rings. The third-order valence-electron chi connectivity index (χ3n) is 4.72. The fourth-order valence-electron chi connectivity index (χ4n) is 3.18. The van der Waals surface area contributed by atoms with Crippen LogP contribution in [0.4, 0.5) is 9.93 Å². The van der Waals surface area contributed by atoms with Crippen LogP contribution in [-0.2, 0) is 16.0 Å². The topological polar surface area (TPSA) is 83.6 Å². The van der Waals surface area contributed by atoms with Crippen LogP contribution in [0.3, 0.4) is 0 Å². The maximum Gasteiger partial charge on any atom is 0.318 e. The predicted molar refractivity (Wildman–Crippen MR) is 113 cm³/mol. The van der Waals surface area contributed by atoms with Gasteiger partial charge in [0, 0.05) is 19.5 Å². The first kappa shape index (κ1) is 19.4. The number of urea groups is 1. The van der Waals surface area contributed by atoms with Crippen molar-refractivity contribution in [1.82, 2.24) is 15.2 Å². The average Bonchev–Trinajstić information content (AvgIpc) is 3.17. The van der Waals surface area contributed by atoms with E-state index in [1.165, 1.54) is 11.3 Å². The number of nitrogens with one attached hydrogen (secondary N) is 2. The molecule has 2 aromatic carbocycles. The van der Waals surface area contributed by atoms with Crippen LogP contribution in [0.25, 0.3) is 10.2 Å². The summed E-state index contributed by atoms with van der Waals surface area (Å²) in [5, 5.41) is 6.28. The van der Waals surface area contributed by atoms with E-state index in [2.05, 4.69) is 15.6 Å². The summed E-state index contributed by atoms with van der Waals surface area (Å²) in [6.07, 6.45) is 0.396. The van der Waals surface area contributed by atoms with Crippen LogP contribution in [-0.4, -0.2) is 54.2 Å². The second kappa shape index (κ2) is 9.02. The number of amides is 3. The van der Waals surface area contributed by atoms with Gasteiger partial charge in [0.2, 0.25) is 5.91 Å². The van der Waals surface area contributed by atoms with Crippen molar-refractivity contribution in [2.75, 3.05) is 31.6 Å². The van der Waals surface area contributed by atoms with Crippen molar-refractivity contribution in [3.05, 3.63) is 60.2 Å². The molecule has 4 rings (SSSR count). The zero-order valence-corrected chi connectivity index (χ0v) is 16.7. The van der Waals surface area contributed by atoms with E-state index in [1.807, 2.05) is 54.6 Å². The molecule has 8 heteroatoms. The van der Waals surface area contributed by atoms with Crippen molar-refractivity contribution in [2.24, 2.45) is 0 Å². The molecule has 1 saturated heterocycles. The van der Waals surface area contributed by atoms with Gasteiger partial charge in [0.25, 0.3) is 0 Å². The standard InChI is InChI=1S/C21H22N4O3S/c26-19(24-20-22-16-8-4-5-9-18(16)29-20)17(14-15-6-2-1-3-7-15)23-21(27)25-10-12-28-13-11-25/h1-9,17H,10-14H2,(H,23,27)(H,22,24,26). The lowest BCUT2D eigenvalue weighted by atomic mass is 10.1. The van der Waals surface area contributed by atoms with Crippen LogP contribution in [0.1, 0.15) is 5.56 Å². The zero-order valence-electron chi connectivity index (χ0n) is 15.8. The lowest BCUT2D eigenvalue weighted by Crippen LogP contribution is -2.53. The minimum atomic E-state index is -0.709. The summed E-state index contributed by atoms with van der Waals surface area (Å²) >= 11 is 1.41. The highest BCUT2D eigenvalue weighted by atomic mass is 32.1. The summed E-state index contributed by atoms with van der Waals surface area (Å²) in [5.41, 5.74) is 1.81. The SMILES string of the molecule is O=C(Nc1nc2ccccc2s1)C(Cc1ccccc1)NC(=O)N1CCOCC1. The van der Waals surface area contributed by atoms with Gasteiger partial charge in [-0.25, -0.2) is 9.78 Å². The van der Waals surface area contributed by atoms with Gasteiger partial charge in [-0.2, -0.15) is 0 Å². The molecular formula is C21H22N4O3S. The van der Waals surface area contributed by atoms with Gasteiger partial charge in [0.1, 0.15) is 6.04 Å². The summed E-state index contributed by atoms with van der Waals surface area (Å²) in [5.74, 6) is -0.283. The van der Waals surface area contributed by atoms with E-state index in [1.54, 1.807) is 4.90 Å². The number of carbonyl (C=O) groups is 2. The molecule has 0 bridgehead atoms. The summed E-state index contributed by atoms with van der Waals surface area (Å²) in [7, 11) is 0. The highest BCUT2D eigenvalue weighted by molar-refractivity contribution is 7.22. The molecule has 2 heterocycles. The molecule has 150 valence electrons. The quantitative estimate of drug-likeness (QED) is 0.678. The van der Waals surface area contributed by atoms with Gasteiger partial charge in [0.15, 0.2) is 5.13 Å². The third-order valence-corrected chi connectivity index (χ3v) is 5.67. The van der Waals surface area contributed by atoms with Crippen LogP contribution < -0.4 is 10.6 Å². The molecule has 1 aliphatic heterocycles. The number of morpholine rings is 1. The van der Waals surface area contributed by atoms with Gasteiger partial charge in [-0.05, 0) is 17.7 Å². The normalized spacial score (nSPS) is 15.1. The van der Waals surface area contributed by atoms with Crippen LogP contribution >= 0.6 is 11.3 Å². The van der Waals surface area contributed by atoms with Crippen molar-refractivity contribution in [3.8, 4) is 0 Å². The number of hydrogen-bond acceptors (Lipinski definition) is 5. The summed E-state index contributed by atoms with van der Waals surface area (Å²) in [6, 6.07) is 16.4. The van der Waals surface area contributed by atoms with Crippen molar-refractivity contribution in [1.29, 1.82) is 0 Å². The highest BCUT2D eigenvalue weighted by Gasteiger charge is 2.25. The molecule has 1 fully saturated rings. The van der Waals surface area contributed by atoms with Crippen LogP contribution in [0.15, 0.2) is 54.6 Å². The molecule has 3 aromatic rings. The Hall–Kier alpha value is -2.97. The van der Waals surface area contributed by atoms with Gasteiger partial charge in [-0.1, -0.05) is 53.8 Å². The molecule has 0 spiro atoms. The van der Waals surface area contributed by atoms with Crippen molar-refractivity contribution in [3.63, 3.8) is 0 Å². The Morgan fingerprint density at radius 1 is 1.07 bits per heavy atom. The third kappa shape index (κ3) is 4.90. The minimum absolute atomic E-state index is 0.256. The maximum absolute atomic E-state index is 13.0. The smallest absolute Gasteiger partial charge is 0.318 e. The fraction of sp³-hybridized carbons (Fsp3) is 0.286. The number of para-hydroxylation sites is 1. The number of carbonyl (C=O) groups excluding carboxylic acids is 2. The monoisotopic (exact) mass is 410 g/mol. The van der Waals surface area contributed by atoms with E-state index in [4.69, 9.17) is 4.74 Å². The van der Waals surface area contributed by atoms with Gasteiger partial charge in [-0.3, -0.25) is 4.79 Å². The molecule has 29 heavy (non-hydrogen) atoms. The Labute approximate surface area is 172 Å². The lowest BCUT2D eigenvalue weighted by Gasteiger charge is -2.29. The number of benzene rings is 2. The number of ether oxygens (including phenoxy) is 1. The maximum atomic E-state index is 13.0. The minimum Gasteiger partial charge on any atom is -0.378 e. The van der Waals surface area contributed by atoms with E-state index in [9.17, 15) is 9.59 Å². The first-order valence-electron chi connectivity index (χ1n) is 9.52. The second-order valence-corrected chi connectivity index (χ2v) is 7.80. The summed E-state index contributed by atoms with van der Waals surface area (Å²) in [6.45, 7) is 2.05. The second-order valence-electron chi connectivity index (χ2n) is 6.77. The van der Waals surface area contributed by atoms with Crippen LogP contribution in [0.5, 0.6) is 0 Å². The lowest BCUT2D eigenvalue weighted by molar-refractivity contribution is -0.118. The first-order valence-corrected chi connectivity index (χ1v) is 10.3. The molecule has 2 N–H and O–H groups in total. The Balaban J connectivity index is 1.49. The van der Waals surface area contributed by atoms with E-state index in [-0.39, 0.29) is 11.9 Å². The van der Waals surface area contributed by atoms with Crippen molar-refractivity contribution < 1.29 is 14.3 Å². The van der Waals surface area contributed by atoms with Crippen molar-refractivity contribution in [2.45, 2.75) is 12.5 Å². The number of rotatable bonds is 5. The number of nitrogens with zero attached hydrogens (tertiary/aromatic N) is 2. The molecule has 0 aliphatic carbocycles. The fourth-order valence-corrected chi connectivity index (χ4v) is 4.05. The predicted octanol–water partition coefficient (Wildman–Crippen LogP) is 2.89. The molecule has 0 saturated carbocycles. The van der Waals surface area contributed by atoms with E-state index in [0.29, 0.717) is 37.9 Å². The van der Waals surface area contributed by atoms with Crippen LogP contribution in [0, 0.1) is 0 Å². The molecule has 3 amide bonds. The highest BCUT2D eigenvalue weighted by Crippen LogP contribution is 2.25. The van der Waals surface area contributed by atoms with E-state index in [0.717, 1.165) is 15.8 Å². The van der Waals surface area contributed by atoms with Crippen LogP contribution in [0.2, 0.25) is 0 Å². The molecule has 1 unspecified atom stereocenters. The van der Waals surface area contributed by atoms with Gasteiger partial charge < -0.3 is 20.3 Å². The molecule has 7 nitrogen and oxygen atoms in total. The Bertz CT molecular complexity index is 953. The molecular weight excluding hydrogens is 388 g/mol. The number of thiazole rings is 1. The first-order chi connectivity index (χ1) is 14.2. The van der Waals surface area contributed by atoms with Gasteiger partial charge in [-0.15, -0.1) is 0 Å². The van der Waals surface area contributed by atoms with Crippen molar-refractivity contribution >= 4 is 38.6 Å². The van der Waals surface area contributed by atoms with Gasteiger partial charge in [0.05, 0.1) is 23.4 Å². The Morgan fingerprint density at radius 3 is 2.55 bits per heavy atom. The summed E-state index contributed by atoms with van der Waals surface area (Å²) < 4.78 is 6.30. The average molecular weight is 410 g/mol. The van der Waals surface area contributed by atoms with E-state index >= 15 is 0 Å². The number of aromatic nitrogens is 1. The Morgan fingerprint density at radius 2 is 1.79 bits per heavy atom. The molecule has 0 radical (unpaired) electrons. The largest absolute Gasteiger partial charge is 0.378 e. The summed E-state index contributed by atoms with van der Waals surface area (Å²) in [4.78, 5) is 31.8. The van der Waals surface area contributed by atoms with E-state index < -0.39 is 6.04 Å². The number of hydrogen-bond donors (Lipinski definition) is 2. The number of anilines is 1. The number of fused-ring (bicyclic) bond motifs is 1. The molecule has 1 atom stereocenters. The Kier molecular flexibility index (Phi) is 6.02. The zero-order chi connectivity index (χ0) is 20.1. The van der Waals surface area contributed by atoms with Gasteiger partial charge >= 0.3 is 6.03 Å².